The van der Waals surface area contributed by atoms with Crippen molar-refractivity contribution in [2.45, 2.75) is 26.3 Å². The van der Waals surface area contributed by atoms with Crippen LogP contribution >= 0.6 is 22.9 Å². The van der Waals surface area contributed by atoms with Gasteiger partial charge in [-0.3, -0.25) is 4.90 Å². The molecule has 1 aliphatic rings. The van der Waals surface area contributed by atoms with Crippen LogP contribution in [-0.4, -0.2) is 28.0 Å². The lowest BCUT2D eigenvalue weighted by molar-refractivity contribution is 0.181. The van der Waals surface area contributed by atoms with Gasteiger partial charge in [0.1, 0.15) is 15.8 Å². The highest BCUT2D eigenvalue weighted by Gasteiger charge is 2.19. The number of aromatic nitrogens is 2. The van der Waals surface area contributed by atoms with Gasteiger partial charge in [0.15, 0.2) is 0 Å². The van der Waals surface area contributed by atoms with E-state index in [1.54, 1.807) is 11.3 Å². The van der Waals surface area contributed by atoms with Crippen molar-refractivity contribution in [1.82, 2.24) is 14.9 Å². The minimum atomic E-state index is 0.570. The van der Waals surface area contributed by atoms with Crippen LogP contribution in [0, 0.1) is 5.92 Å². The van der Waals surface area contributed by atoms with Gasteiger partial charge >= 0.3 is 0 Å². The average molecular weight is 358 g/mol. The van der Waals surface area contributed by atoms with Crippen molar-refractivity contribution >= 4 is 33.2 Å². The molecule has 24 heavy (non-hydrogen) atoms. The third-order valence-electron chi connectivity index (χ3n) is 4.76. The van der Waals surface area contributed by atoms with E-state index in [0.717, 1.165) is 52.7 Å². The lowest BCUT2D eigenvalue weighted by Crippen LogP contribution is -2.32. The second kappa shape index (κ2) is 6.79. The number of hydrogen-bond acceptors (Lipinski definition) is 4. The van der Waals surface area contributed by atoms with Crippen LogP contribution in [0.5, 0.6) is 0 Å². The predicted octanol–water partition coefficient (Wildman–Crippen LogP) is 5.24. The molecule has 0 bridgehead atoms. The van der Waals surface area contributed by atoms with E-state index in [1.807, 2.05) is 18.2 Å². The van der Waals surface area contributed by atoms with Crippen molar-refractivity contribution in [3.05, 3.63) is 46.7 Å². The van der Waals surface area contributed by atoms with E-state index in [-0.39, 0.29) is 0 Å². The van der Waals surface area contributed by atoms with E-state index in [0.29, 0.717) is 5.15 Å². The van der Waals surface area contributed by atoms with Crippen LogP contribution < -0.4 is 0 Å². The molecule has 0 N–H and O–H groups in total. The van der Waals surface area contributed by atoms with E-state index in [4.69, 9.17) is 16.6 Å². The fraction of sp³-hybridized carbons (Fsp3) is 0.368. The van der Waals surface area contributed by atoms with Crippen LogP contribution in [0.3, 0.4) is 0 Å². The van der Waals surface area contributed by atoms with Gasteiger partial charge in [0.25, 0.3) is 0 Å². The first-order valence-corrected chi connectivity index (χ1v) is 9.68. The highest BCUT2D eigenvalue weighted by atomic mass is 35.5. The molecule has 2 aromatic heterocycles. The van der Waals surface area contributed by atoms with Crippen LogP contribution in [0.2, 0.25) is 5.15 Å². The number of halogens is 1. The van der Waals surface area contributed by atoms with E-state index in [1.165, 1.54) is 12.8 Å². The summed E-state index contributed by atoms with van der Waals surface area (Å²) in [6.45, 7) is 5.37. The Labute approximate surface area is 151 Å². The molecule has 0 amide bonds. The molecule has 0 saturated carbocycles. The average Bonchev–Trinajstić information content (AvgIpc) is 3.02. The van der Waals surface area contributed by atoms with Gasteiger partial charge in [-0.15, -0.1) is 11.3 Å². The zero-order valence-electron chi connectivity index (χ0n) is 13.7. The molecule has 3 heterocycles. The van der Waals surface area contributed by atoms with Crippen molar-refractivity contribution in [2.75, 3.05) is 13.1 Å². The van der Waals surface area contributed by atoms with Gasteiger partial charge in [-0.05, 0) is 37.4 Å². The van der Waals surface area contributed by atoms with Gasteiger partial charge < -0.3 is 0 Å². The Morgan fingerprint density at radius 1 is 1.17 bits per heavy atom. The standard InChI is InChI=1S/C19H20ClN3S/c1-13-7-9-23(10-8-13)11-16-21-18(20)17-15(12-24-19(17)22-16)14-5-3-2-4-6-14/h2-6,12-13H,7-11H2,1H3. The molecule has 3 nitrogen and oxygen atoms in total. The normalized spacial score (nSPS) is 16.8. The maximum absolute atomic E-state index is 6.54. The summed E-state index contributed by atoms with van der Waals surface area (Å²) in [6.07, 6.45) is 2.51. The molecule has 1 aliphatic heterocycles. The molecule has 1 aromatic carbocycles. The SMILES string of the molecule is CC1CCN(Cc2nc(Cl)c3c(-c4ccccc4)csc3n2)CC1. The van der Waals surface area contributed by atoms with Crippen molar-refractivity contribution in [1.29, 1.82) is 0 Å². The molecular formula is C19H20ClN3S. The summed E-state index contributed by atoms with van der Waals surface area (Å²) >= 11 is 8.18. The van der Waals surface area contributed by atoms with Gasteiger partial charge in [0.2, 0.25) is 0 Å². The van der Waals surface area contributed by atoms with Crippen LogP contribution in [-0.2, 0) is 6.54 Å². The monoisotopic (exact) mass is 357 g/mol. The second-order valence-corrected chi connectivity index (χ2v) is 7.80. The third-order valence-corrected chi connectivity index (χ3v) is 5.91. The van der Waals surface area contributed by atoms with E-state index in [2.05, 4.69) is 34.3 Å². The molecular weight excluding hydrogens is 338 g/mol. The Morgan fingerprint density at radius 3 is 2.67 bits per heavy atom. The number of fused-ring (bicyclic) bond motifs is 1. The van der Waals surface area contributed by atoms with Crippen molar-refractivity contribution in [2.24, 2.45) is 5.92 Å². The summed E-state index contributed by atoms with van der Waals surface area (Å²) in [4.78, 5) is 12.8. The number of piperidine rings is 1. The largest absolute Gasteiger partial charge is 0.296 e. The fourth-order valence-electron chi connectivity index (χ4n) is 3.26. The highest BCUT2D eigenvalue weighted by molar-refractivity contribution is 7.17. The third kappa shape index (κ3) is 3.18. The molecule has 0 radical (unpaired) electrons. The fourth-order valence-corrected chi connectivity index (χ4v) is 4.57. The summed E-state index contributed by atoms with van der Waals surface area (Å²) in [6, 6.07) is 10.3. The summed E-state index contributed by atoms with van der Waals surface area (Å²) in [5.41, 5.74) is 2.28. The van der Waals surface area contributed by atoms with Gasteiger partial charge in [-0.1, -0.05) is 48.9 Å². The van der Waals surface area contributed by atoms with Crippen LogP contribution in [0.25, 0.3) is 21.3 Å². The van der Waals surface area contributed by atoms with E-state index in [9.17, 15) is 0 Å². The van der Waals surface area contributed by atoms with Gasteiger partial charge in [0.05, 0.1) is 11.9 Å². The van der Waals surface area contributed by atoms with Crippen molar-refractivity contribution in [3.63, 3.8) is 0 Å². The first-order valence-electron chi connectivity index (χ1n) is 8.42. The molecule has 4 rings (SSSR count). The molecule has 124 valence electrons. The number of thiophene rings is 1. The van der Waals surface area contributed by atoms with Crippen molar-refractivity contribution < 1.29 is 0 Å². The maximum Gasteiger partial charge on any atom is 0.145 e. The highest BCUT2D eigenvalue weighted by Crippen LogP contribution is 2.36. The van der Waals surface area contributed by atoms with Gasteiger partial charge in [-0.2, -0.15) is 0 Å². The minimum Gasteiger partial charge on any atom is -0.296 e. The summed E-state index contributed by atoms with van der Waals surface area (Å²) in [5.74, 6) is 1.67. The Morgan fingerprint density at radius 2 is 1.92 bits per heavy atom. The lowest BCUT2D eigenvalue weighted by atomic mass is 9.99. The minimum absolute atomic E-state index is 0.570. The summed E-state index contributed by atoms with van der Waals surface area (Å²) in [5, 5.41) is 3.68. The van der Waals surface area contributed by atoms with Gasteiger partial charge in [0, 0.05) is 10.9 Å². The smallest absolute Gasteiger partial charge is 0.145 e. The van der Waals surface area contributed by atoms with Gasteiger partial charge in [-0.25, -0.2) is 9.97 Å². The van der Waals surface area contributed by atoms with Crippen LogP contribution in [0.15, 0.2) is 35.7 Å². The predicted molar refractivity (Wildman–Crippen MR) is 102 cm³/mol. The first-order chi connectivity index (χ1) is 11.7. The topological polar surface area (TPSA) is 29.0 Å². The molecule has 0 unspecified atom stereocenters. The summed E-state index contributed by atoms with van der Waals surface area (Å²) in [7, 11) is 0. The molecule has 5 heteroatoms. The Hall–Kier alpha value is -1.49. The van der Waals surface area contributed by atoms with Crippen molar-refractivity contribution in [3.8, 4) is 11.1 Å². The number of rotatable bonds is 3. The number of nitrogens with zero attached hydrogens (tertiary/aromatic N) is 3. The molecule has 1 saturated heterocycles. The zero-order valence-corrected chi connectivity index (χ0v) is 15.3. The maximum atomic E-state index is 6.54. The molecule has 1 fully saturated rings. The molecule has 0 spiro atoms. The molecule has 0 aliphatic carbocycles. The van der Waals surface area contributed by atoms with Crippen LogP contribution in [0.4, 0.5) is 0 Å². The second-order valence-electron chi connectivity index (χ2n) is 6.58. The Bertz CT molecular complexity index is 838. The molecule has 3 aromatic rings. The Kier molecular flexibility index (Phi) is 4.53. The zero-order chi connectivity index (χ0) is 16.5. The molecule has 0 atom stereocenters. The quantitative estimate of drug-likeness (QED) is 0.600. The Balaban J connectivity index is 1.64. The van der Waals surface area contributed by atoms with E-state index >= 15 is 0 Å². The number of benzene rings is 1. The van der Waals surface area contributed by atoms with Crippen LogP contribution in [0.1, 0.15) is 25.6 Å². The van der Waals surface area contributed by atoms with E-state index < -0.39 is 0 Å². The lowest BCUT2D eigenvalue weighted by Gasteiger charge is -2.29. The number of likely N-dealkylation sites (tertiary alicyclic amines) is 1. The first kappa shape index (κ1) is 16.0. The summed E-state index contributed by atoms with van der Waals surface area (Å²) < 4.78 is 0. The number of hydrogen-bond donors (Lipinski definition) is 0.